The van der Waals surface area contributed by atoms with Gasteiger partial charge in [-0.3, -0.25) is 4.90 Å². The lowest BCUT2D eigenvalue weighted by molar-refractivity contribution is -0.0485. The maximum absolute atomic E-state index is 5.70. The van der Waals surface area contributed by atoms with Crippen molar-refractivity contribution in [3.8, 4) is 0 Å². The molecule has 0 amide bonds. The van der Waals surface area contributed by atoms with Crippen LogP contribution in [0.3, 0.4) is 0 Å². The average Bonchev–Trinajstić information content (AvgIpc) is 2.39. The third-order valence-corrected chi connectivity index (χ3v) is 4.18. The number of morpholine rings is 1. The molecule has 100 valence electrons. The predicted molar refractivity (Wildman–Crippen MR) is 70.1 cm³/mol. The Bertz CT molecular complexity index is 227. The molecule has 2 aliphatic rings. The van der Waals surface area contributed by atoms with Crippen LogP contribution < -0.4 is 5.73 Å². The molecule has 2 saturated heterocycles. The summed E-state index contributed by atoms with van der Waals surface area (Å²) in [5, 5.41) is 0. The van der Waals surface area contributed by atoms with Crippen molar-refractivity contribution in [1.29, 1.82) is 0 Å². The number of likely N-dealkylation sites (tertiary alicyclic amines) is 1. The zero-order valence-electron chi connectivity index (χ0n) is 11.3. The maximum Gasteiger partial charge on any atom is 0.0824 e. The van der Waals surface area contributed by atoms with Crippen LogP contribution in [0.5, 0.6) is 0 Å². The third kappa shape index (κ3) is 3.41. The Balaban J connectivity index is 1.80. The first-order valence-electron chi connectivity index (χ1n) is 7.00. The maximum atomic E-state index is 5.70. The minimum atomic E-state index is 0.256. The molecule has 1 atom stereocenters. The van der Waals surface area contributed by atoms with Gasteiger partial charge < -0.3 is 15.4 Å². The number of nitrogens with two attached hydrogens (primary N) is 1. The summed E-state index contributed by atoms with van der Waals surface area (Å²) in [7, 11) is 0. The van der Waals surface area contributed by atoms with Crippen LogP contribution in [0, 0.1) is 0 Å². The molecule has 0 aromatic carbocycles. The van der Waals surface area contributed by atoms with Crippen LogP contribution in [0.2, 0.25) is 0 Å². The summed E-state index contributed by atoms with van der Waals surface area (Å²) >= 11 is 0. The van der Waals surface area contributed by atoms with E-state index in [1.807, 2.05) is 0 Å². The van der Waals surface area contributed by atoms with Gasteiger partial charge >= 0.3 is 0 Å². The molecule has 0 aromatic rings. The van der Waals surface area contributed by atoms with Gasteiger partial charge in [-0.2, -0.15) is 0 Å². The molecule has 17 heavy (non-hydrogen) atoms. The van der Waals surface area contributed by atoms with Crippen molar-refractivity contribution in [2.45, 2.75) is 44.9 Å². The van der Waals surface area contributed by atoms with Gasteiger partial charge in [0.2, 0.25) is 0 Å². The van der Waals surface area contributed by atoms with E-state index in [4.69, 9.17) is 10.5 Å². The average molecular weight is 241 g/mol. The summed E-state index contributed by atoms with van der Waals surface area (Å²) in [5.74, 6) is 0. The first kappa shape index (κ1) is 13.3. The van der Waals surface area contributed by atoms with Gasteiger partial charge in [0, 0.05) is 31.7 Å². The summed E-state index contributed by atoms with van der Waals surface area (Å²) in [4.78, 5) is 5.18. The second-order valence-corrected chi connectivity index (χ2v) is 5.58. The molecule has 0 radical (unpaired) electrons. The fourth-order valence-electron chi connectivity index (χ4n) is 2.98. The van der Waals surface area contributed by atoms with Crippen LogP contribution in [0.25, 0.3) is 0 Å². The molecule has 0 bridgehead atoms. The second kappa shape index (κ2) is 6.14. The number of rotatable bonds is 3. The fourth-order valence-corrected chi connectivity index (χ4v) is 2.98. The van der Waals surface area contributed by atoms with Crippen molar-refractivity contribution < 1.29 is 4.74 Å². The van der Waals surface area contributed by atoms with Crippen molar-refractivity contribution >= 4 is 0 Å². The third-order valence-electron chi connectivity index (χ3n) is 4.18. The molecule has 0 aliphatic carbocycles. The molecule has 0 aromatic heterocycles. The normalized spacial score (nSPS) is 30.0. The van der Waals surface area contributed by atoms with E-state index in [1.54, 1.807) is 0 Å². The largest absolute Gasteiger partial charge is 0.374 e. The van der Waals surface area contributed by atoms with Crippen LogP contribution in [0.4, 0.5) is 0 Å². The van der Waals surface area contributed by atoms with E-state index in [0.29, 0.717) is 12.6 Å². The Hall–Kier alpha value is -0.160. The van der Waals surface area contributed by atoms with Gasteiger partial charge in [0.15, 0.2) is 0 Å². The minimum absolute atomic E-state index is 0.256. The van der Waals surface area contributed by atoms with E-state index < -0.39 is 0 Å². The van der Waals surface area contributed by atoms with Gasteiger partial charge in [0.25, 0.3) is 0 Å². The molecule has 4 heteroatoms. The molecule has 2 rings (SSSR count). The highest BCUT2D eigenvalue weighted by Gasteiger charge is 2.29. The minimum Gasteiger partial charge on any atom is -0.374 e. The van der Waals surface area contributed by atoms with Gasteiger partial charge in [-0.15, -0.1) is 0 Å². The lowest BCUT2D eigenvalue weighted by Gasteiger charge is -2.43. The molecule has 2 heterocycles. The molecular weight excluding hydrogens is 214 g/mol. The predicted octanol–water partition coefficient (Wildman–Crippen LogP) is 0.519. The molecule has 1 unspecified atom stereocenters. The highest BCUT2D eigenvalue weighted by atomic mass is 16.5. The SMILES string of the molecule is CC(C)N1CCC(N2CCOC(CN)C2)CC1. The Kier molecular flexibility index (Phi) is 4.79. The van der Waals surface area contributed by atoms with Crippen LogP contribution in [-0.2, 0) is 4.74 Å². The van der Waals surface area contributed by atoms with E-state index in [2.05, 4.69) is 23.6 Å². The van der Waals surface area contributed by atoms with Crippen molar-refractivity contribution in [3.63, 3.8) is 0 Å². The quantitative estimate of drug-likeness (QED) is 0.782. The van der Waals surface area contributed by atoms with Gasteiger partial charge in [0.1, 0.15) is 0 Å². The smallest absolute Gasteiger partial charge is 0.0824 e. The lowest BCUT2D eigenvalue weighted by atomic mass is 10.0. The Labute approximate surface area is 105 Å². The van der Waals surface area contributed by atoms with Crippen LogP contribution in [-0.4, -0.2) is 67.3 Å². The monoisotopic (exact) mass is 241 g/mol. The number of hydrogen-bond acceptors (Lipinski definition) is 4. The van der Waals surface area contributed by atoms with E-state index >= 15 is 0 Å². The summed E-state index contributed by atoms with van der Waals surface area (Å²) in [6.45, 7) is 10.7. The summed E-state index contributed by atoms with van der Waals surface area (Å²) in [6, 6.07) is 1.44. The summed E-state index contributed by atoms with van der Waals surface area (Å²) < 4.78 is 5.63. The van der Waals surface area contributed by atoms with Crippen LogP contribution >= 0.6 is 0 Å². The number of piperidine rings is 1. The lowest BCUT2D eigenvalue weighted by Crippen LogP contribution is -2.53. The first-order valence-corrected chi connectivity index (χ1v) is 7.00. The zero-order valence-corrected chi connectivity index (χ0v) is 11.3. The molecular formula is C13H27N3O. The zero-order chi connectivity index (χ0) is 12.3. The first-order chi connectivity index (χ1) is 8.20. The Morgan fingerprint density at radius 3 is 2.53 bits per heavy atom. The molecule has 4 nitrogen and oxygen atoms in total. The number of ether oxygens (including phenoxy) is 1. The highest BCUT2D eigenvalue weighted by molar-refractivity contribution is 4.84. The Morgan fingerprint density at radius 2 is 1.94 bits per heavy atom. The van der Waals surface area contributed by atoms with Crippen LogP contribution in [0.15, 0.2) is 0 Å². The van der Waals surface area contributed by atoms with E-state index in [-0.39, 0.29) is 6.10 Å². The van der Waals surface area contributed by atoms with Gasteiger partial charge in [-0.05, 0) is 39.8 Å². The van der Waals surface area contributed by atoms with E-state index in [1.165, 1.54) is 25.9 Å². The van der Waals surface area contributed by atoms with Gasteiger partial charge in [0.05, 0.1) is 12.7 Å². The van der Waals surface area contributed by atoms with E-state index in [0.717, 1.165) is 25.7 Å². The summed E-state index contributed by atoms with van der Waals surface area (Å²) in [5.41, 5.74) is 5.70. The topological polar surface area (TPSA) is 41.7 Å². The standard InChI is InChI=1S/C13H27N3O/c1-11(2)15-5-3-12(4-6-15)16-7-8-17-13(9-14)10-16/h11-13H,3-10,14H2,1-2H3. The fraction of sp³-hybridized carbons (Fsp3) is 1.00. The molecule has 2 N–H and O–H groups in total. The number of hydrogen-bond donors (Lipinski definition) is 1. The van der Waals surface area contributed by atoms with Crippen molar-refractivity contribution in [2.75, 3.05) is 39.3 Å². The van der Waals surface area contributed by atoms with Crippen molar-refractivity contribution in [3.05, 3.63) is 0 Å². The molecule has 2 aliphatic heterocycles. The van der Waals surface area contributed by atoms with Crippen molar-refractivity contribution in [2.24, 2.45) is 5.73 Å². The molecule has 0 spiro atoms. The second-order valence-electron chi connectivity index (χ2n) is 5.58. The van der Waals surface area contributed by atoms with Gasteiger partial charge in [-0.25, -0.2) is 0 Å². The Morgan fingerprint density at radius 1 is 1.24 bits per heavy atom. The highest BCUT2D eigenvalue weighted by Crippen LogP contribution is 2.20. The van der Waals surface area contributed by atoms with Gasteiger partial charge in [-0.1, -0.05) is 0 Å². The number of nitrogens with zero attached hydrogens (tertiary/aromatic N) is 2. The molecule has 2 fully saturated rings. The van der Waals surface area contributed by atoms with Crippen LogP contribution in [0.1, 0.15) is 26.7 Å². The summed E-state index contributed by atoms with van der Waals surface area (Å²) in [6.07, 6.45) is 2.86. The molecule has 0 saturated carbocycles. The van der Waals surface area contributed by atoms with E-state index in [9.17, 15) is 0 Å². The van der Waals surface area contributed by atoms with Crippen molar-refractivity contribution in [1.82, 2.24) is 9.80 Å².